The van der Waals surface area contributed by atoms with Crippen LogP contribution in [-0.2, 0) is 18.4 Å². The maximum Gasteiger partial charge on any atom is 0.268 e. The number of phosphoric ester groups is 1. The van der Waals surface area contributed by atoms with Crippen molar-refractivity contribution in [3.05, 3.63) is 36.5 Å². The monoisotopic (exact) mass is 1250 g/mol. The Morgan fingerprint density at radius 1 is 0.391 bits per heavy atom. The Morgan fingerprint density at radius 3 is 0.931 bits per heavy atom. The Bertz CT molecular complexity index is 1510. The summed E-state index contributed by atoms with van der Waals surface area (Å²) in [6, 6.07) is -0.903. The van der Waals surface area contributed by atoms with Crippen LogP contribution in [0.2, 0.25) is 0 Å². The molecular weight excluding hydrogens is 1090 g/mol. The van der Waals surface area contributed by atoms with E-state index in [9.17, 15) is 19.4 Å². The second kappa shape index (κ2) is 69.1. The molecule has 0 saturated heterocycles. The second-order valence-electron chi connectivity index (χ2n) is 28.1. The van der Waals surface area contributed by atoms with E-state index in [4.69, 9.17) is 9.05 Å². The molecule has 0 spiro atoms. The van der Waals surface area contributed by atoms with E-state index in [2.05, 4.69) is 43.5 Å². The zero-order valence-electron chi connectivity index (χ0n) is 59.3. The van der Waals surface area contributed by atoms with Crippen molar-refractivity contribution >= 4 is 13.7 Å². The largest absolute Gasteiger partial charge is 0.756 e. The third-order valence-corrected chi connectivity index (χ3v) is 19.0. The summed E-state index contributed by atoms with van der Waals surface area (Å²) < 4.78 is 23.5. The first kappa shape index (κ1) is 85.7. The minimum absolute atomic E-state index is 0.00404. The molecule has 2 N–H and O–H groups in total. The van der Waals surface area contributed by atoms with Crippen LogP contribution in [0.1, 0.15) is 406 Å². The van der Waals surface area contributed by atoms with Crippen molar-refractivity contribution in [2.45, 2.75) is 418 Å². The van der Waals surface area contributed by atoms with Crippen LogP contribution in [0.15, 0.2) is 36.5 Å². The van der Waals surface area contributed by atoms with Gasteiger partial charge in [0.1, 0.15) is 13.2 Å². The number of nitrogens with one attached hydrogen (secondary N) is 1. The van der Waals surface area contributed by atoms with Crippen molar-refractivity contribution in [3.63, 3.8) is 0 Å². The Labute approximate surface area is 544 Å². The summed E-state index contributed by atoms with van der Waals surface area (Å²) in [5.74, 6) is -0.198. The molecule has 0 heterocycles. The molecule has 87 heavy (non-hydrogen) atoms. The lowest BCUT2D eigenvalue weighted by molar-refractivity contribution is -0.870. The molecule has 516 valence electrons. The normalized spacial score (nSPS) is 13.7. The fourth-order valence-corrected chi connectivity index (χ4v) is 12.8. The highest BCUT2D eigenvalue weighted by molar-refractivity contribution is 7.45. The molecule has 3 atom stereocenters. The molecule has 0 radical (unpaired) electrons. The summed E-state index contributed by atoms with van der Waals surface area (Å²) in [5.41, 5.74) is 0. The number of carbonyl (C=O) groups is 1. The molecule has 0 aliphatic rings. The maximum atomic E-state index is 13.1. The molecule has 0 aliphatic heterocycles. The van der Waals surface area contributed by atoms with Crippen LogP contribution in [-0.4, -0.2) is 68.5 Å². The van der Waals surface area contributed by atoms with E-state index in [0.29, 0.717) is 17.4 Å². The van der Waals surface area contributed by atoms with Gasteiger partial charge in [-0.05, 0) is 57.8 Å². The molecule has 0 aromatic carbocycles. The molecule has 0 rings (SSSR count). The molecular formula is C78H153N2O6P. The van der Waals surface area contributed by atoms with Crippen LogP contribution in [0.25, 0.3) is 0 Å². The average molecular weight is 1250 g/mol. The predicted molar refractivity (Wildman–Crippen MR) is 381 cm³/mol. The highest BCUT2D eigenvalue weighted by atomic mass is 31.2. The number of aliphatic hydroxyl groups is 1. The van der Waals surface area contributed by atoms with Crippen LogP contribution in [0, 0.1) is 0 Å². The molecule has 0 aromatic heterocycles. The van der Waals surface area contributed by atoms with Gasteiger partial charge in [-0.3, -0.25) is 9.36 Å². The number of likely N-dealkylation sites (N-methyl/N-ethyl adjacent to an activating group) is 1. The van der Waals surface area contributed by atoms with Gasteiger partial charge in [-0.15, -0.1) is 0 Å². The number of nitrogens with zero attached hydrogens (tertiary/aromatic N) is 1. The molecule has 0 bridgehead atoms. The topological polar surface area (TPSA) is 108 Å². The van der Waals surface area contributed by atoms with Gasteiger partial charge >= 0.3 is 0 Å². The third-order valence-electron chi connectivity index (χ3n) is 18.1. The zero-order chi connectivity index (χ0) is 63.4. The van der Waals surface area contributed by atoms with Gasteiger partial charge in [0.05, 0.1) is 39.9 Å². The van der Waals surface area contributed by atoms with Gasteiger partial charge in [0.2, 0.25) is 5.91 Å². The highest BCUT2D eigenvalue weighted by Crippen LogP contribution is 2.38. The standard InChI is InChI=1S/C78H153N2O6P/c1-6-8-10-12-14-16-18-20-22-24-26-28-30-32-34-36-37-38-39-40-41-42-43-44-46-48-50-52-54-56-58-60-62-64-66-68-70-72-78(82)79-76(75-86-87(83,84)85-74-73-80(3,4)5)77(81)71-69-67-65-63-61-59-57-55-53-51-49-47-45-35-33-31-29-27-25-23-21-19-17-15-13-11-9-7-2/h24,26,61,63,69,71,76-77,81H,6-23,25,27-60,62,64-68,70,72-75H2,1-5H3,(H-,79,82,83,84)/b26-24-,63-61+,71-69+. The van der Waals surface area contributed by atoms with E-state index in [1.54, 1.807) is 6.08 Å². The number of amides is 1. The summed E-state index contributed by atoms with van der Waals surface area (Å²) in [5, 5.41) is 14.0. The fourth-order valence-electron chi connectivity index (χ4n) is 12.1. The van der Waals surface area contributed by atoms with Gasteiger partial charge in [-0.25, -0.2) is 0 Å². The van der Waals surface area contributed by atoms with E-state index in [-0.39, 0.29) is 19.1 Å². The average Bonchev–Trinajstić information content (AvgIpc) is 3.70. The van der Waals surface area contributed by atoms with Crippen molar-refractivity contribution in [2.24, 2.45) is 0 Å². The molecule has 8 nitrogen and oxygen atoms in total. The summed E-state index contributed by atoms with van der Waals surface area (Å²) in [6.45, 7) is 4.69. The summed E-state index contributed by atoms with van der Waals surface area (Å²) >= 11 is 0. The van der Waals surface area contributed by atoms with Crippen LogP contribution in [0.5, 0.6) is 0 Å². The number of hydrogen-bond donors (Lipinski definition) is 2. The van der Waals surface area contributed by atoms with E-state index < -0.39 is 20.0 Å². The number of carbonyl (C=O) groups excluding carboxylic acids is 1. The van der Waals surface area contributed by atoms with Gasteiger partial charge in [0.15, 0.2) is 0 Å². The van der Waals surface area contributed by atoms with Crippen molar-refractivity contribution in [3.8, 4) is 0 Å². The summed E-state index contributed by atoms with van der Waals surface area (Å²) in [6.07, 6.45) is 93.2. The maximum absolute atomic E-state index is 13.1. The van der Waals surface area contributed by atoms with Gasteiger partial charge in [-0.2, -0.15) is 0 Å². The summed E-state index contributed by atoms with van der Waals surface area (Å²) in [4.78, 5) is 25.7. The number of rotatable bonds is 73. The van der Waals surface area contributed by atoms with Gasteiger partial charge < -0.3 is 28.8 Å². The molecule has 9 heteroatoms. The quantitative estimate of drug-likeness (QED) is 0.0272. The van der Waals surface area contributed by atoms with Crippen LogP contribution < -0.4 is 10.2 Å². The first-order chi connectivity index (χ1) is 42.5. The summed E-state index contributed by atoms with van der Waals surface area (Å²) in [7, 11) is 1.26. The first-order valence-corrected chi connectivity index (χ1v) is 40.3. The van der Waals surface area contributed by atoms with E-state index in [1.165, 1.54) is 347 Å². The van der Waals surface area contributed by atoms with Crippen LogP contribution in [0.4, 0.5) is 0 Å². The minimum Gasteiger partial charge on any atom is -0.756 e. The van der Waals surface area contributed by atoms with Gasteiger partial charge in [0, 0.05) is 6.42 Å². The van der Waals surface area contributed by atoms with Gasteiger partial charge in [0.25, 0.3) is 7.82 Å². The second-order valence-corrected chi connectivity index (χ2v) is 29.5. The van der Waals surface area contributed by atoms with E-state index >= 15 is 0 Å². The number of aliphatic hydroxyl groups excluding tert-OH is 1. The smallest absolute Gasteiger partial charge is 0.268 e. The molecule has 1 amide bonds. The van der Waals surface area contributed by atoms with Gasteiger partial charge in [-0.1, -0.05) is 378 Å². The van der Waals surface area contributed by atoms with E-state index in [0.717, 1.165) is 38.5 Å². The number of allylic oxidation sites excluding steroid dienone is 5. The lowest BCUT2D eigenvalue weighted by atomic mass is 10.0. The van der Waals surface area contributed by atoms with Crippen molar-refractivity contribution in [2.75, 3.05) is 40.9 Å². The zero-order valence-corrected chi connectivity index (χ0v) is 60.2. The molecule has 3 unspecified atom stereocenters. The molecule has 0 aliphatic carbocycles. The number of unbranched alkanes of at least 4 members (excludes halogenated alkanes) is 56. The third kappa shape index (κ3) is 72.0. The van der Waals surface area contributed by atoms with Crippen LogP contribution in [0.3, 0.4) is 0 Å². The number of hydrogen-bond acceptors (Lipinski definition) is 6. The first-order valence-electron chi connectivity index (χ1n) is 38.9. The predicted octanol–water partition coefficient (Wildman–Crippen LogP) is 24.5. The Balaban J connectivity index is 3.97. The van der Waals surface area contributed by atoms with Crippen LogP contribution >= 0.6 is 7.82 Å². The molecule has 0 saturated carbocycles. The Hall–Kier alpha value is -1.28. The van der Waals surface area contributed by atoms with Crippen molar-refractivity contribution in [1.82, 2.24) is 5.32 Å². The van der Waals surface area contributed by atoms with Crippen molar-refractivity contribution < 1.29 is 32.9 Å². The van der Waals surface area contributed by atoms with Crippen molar-refractivity contribution in [1.29, 1.82) is 0 Å². The molecule has 0 fully saturated rings. The Morgan fingerprint density at radius 2 is 0.644 bits per heavy atom. The lowest BCUT2D eigenvalue weighted by Gasteiger charge is -2.29. The minimum atomic E-state index is -4.61. The fraction of sp³-hybridized carbons (Fsp3) is 0.910. The highest BCUT2D eigenvalue weighted by Gasteiger charge is 2.23. The SMILES string of the molecule is CCCCCCCCCC/C=C\CCCCCCCCCCCCCCCCCCCCCCCCCCCC(=O)NC(COP(=O)([O-])OCC[N+](C)(C)C)C(O)/C=C/CC/C=C/CCCCCCCCCCCCCCCCCCCCCCCC. The number of quaternary nitrogens is 1. The lowest BCUT2D eigenvalue weighted by Crippen LogP contribution is -2.45. The Kier molecular flexibility index (Phi) is 68.1. The van der Waals surface area contributed by atoms with E-state index in [1.807, 2.05) is 27.2 Å². The molecule has 0 aromatic rings. The number of phosphoric acid groups is 1.